The summed E-state index contributed by atoms with van der Waals surface area (Å²) in [6.07, 6.45) is 0. The lowest BCUT2D eigenvalue weighted by Crippen LogP contribution is -2.26. The summed E-state index contributed by atoms with van der Waals surface area (Å²) in [7, 11) is 0. The summed E-state index contributed by atoms with van der Waals surface area (Å²) in [6.45, 7) is 1.12. The minimum Gasteiger partial charge on any atom is -0.321 e. The van der Waals surface area contributed by atoms with Crippen molar-refractivity contribution in [2.24, 2.45) is 5.73 Å². The van der Waals surface area contributed by atoms with Crippen LogP contribution in [-0.2, 0) is 6.67 Å². The van der Waals surface area contributed by atoms with Gasteiger partial charge in [-0.25, -0.2) is 4.39 Å². The topological polar surface area (TPSA) is 43.1 Å². The number of ketones is 1. The first-order chi connectivity index (χ1) is 6.15. The third kappa shape index (κ3) is 2.36. The molecule has 0 saturated heterocycles. The van der Waals surface area contributed by atoms with E-state index in [-0.39, 0.29) is 5.78 Å². The fraction of sp³-hybridized carbons (Fsp3) is 0.300. The Labute approximate surface area is 76.6 Å². The SMILES string of the molecule is C[C@H](N)C(=O)c1ccc(CF)cc1. The van der Waals surface area contributed by atoms with Gasteiger partial charge in [-0.3, -0.25) is 4.79 Å². The Bertz CT molecular complexity index is 292. The zero-order chi connectivity index (χ0) is 9.84. The van der Waals surface area contributed by atoms with Gasteiger partial charge in [-0.05, 0) is 12.5 Å². The van der Waals surface area contributed by atoms with E-state index in [4.69, 9.17) is 5.73 Å². The maximum absolute atomic E-state index is 12.1. The highest BCUT2D eigenvalue weighted by Crippen LogP contribution is 2.07. The Morgan fingerprint density at radius 3 is 2.38 bits per heavy atom. The molecule has 2 N–H and O–H groups in total. The third-order valence-corrected chi connectivity index (χ3v) is 1.81. The van der Waals surface area contributed by atoms with Gasteiger partial charge in [0.05, 0.1) is 6.04 Å². The number of carbonyl (C=O) groups is 1. The molecule has 1 aromatic carbocycles. The van der Waals surface area contributed by atoms with E-state index in [0.717, 1.165) is 0 Å². The zero-order valence-corrected chi connectivity index (χ0v) is 7.46. The monoisotopic (exact) mass is 181 g/mol. The lowest BCUT2D eigenvalue weighted by molar-refractivity contribution is 0.0968. The Hall–Kier alpha value is -1.22. The van der Waals surface area contributed by atoms with Gasteiger partial charge in [0.1, 0.15) is 6.67 Å². The van der Waals surface area contributed by atoms with E-state index in [1.54, 1.807) is 31.2 Å². The van der Waals surface area contributed by atoms with E-state index in [9.17, 15) is 9.18 Å². The molecule has 1 aromatic rings. The summed E-state index contributed by atoms with van der Waals surface area (Å²) < 4.78 is 12.1. The average Bonchev–Trinajstić information content (AvgIpc) is 2.17. The van der Waals surface area contributed by atoms with Crippen LogP contribution >= 0.6 is 0 Å². The van der Waals surface area contributed by atoms with Gasteiger partial charge in [0.25, 0.3) is 0 Å². The first kappa shape index (κ1) is 9.86. The van der Waals surface area contributed by atoms with Crippen LogP contribution in [0, 0.1) is 0 Å². The number of halogens is 1. The average molecular weight is 181 g/mol. The Morgan fingerprint density at radius 1 is 1.46 bits per heavy atom. The van der Waals surface area contributed by atoms with Crippen LogP contribution < -0.4 is 5.73 Å². The van der Waals surface area contributed by atoms with Crippen LogP contribution in [0.15, 0.2) is 24.3 Å². The Kier molecular flexibility index (Phi) is 3.14. The van der Waals surface area contributed by atoms with Crippen molar-refractivity contribution in [1.29, 1.82) is 0 Å². The van der Waals surface area contributed by atoms with Gasteiger partial charge in [-0.1, -0.05) is 24.3 Å². The van der Waals surface area contributed by atoms with E-state index in [1.807, 2.05) is 0 Å². The summed E-state index contributed by atoms with van der Waals surface area (Å²) >= 11 is 0. The van der Waals surface area contributed by atoms with Crippen LogP contribution in [0.1, 0.15) is 22.8 Å². The van der Waals surface area contributed by atoms with Crippen molar-refractivity contribution in [2.45, 2.75) is 19.6 Å². The molecule has 2 nitrogen and oxygen atoms in total. The summed E-state index contributed by atoms with van der Waals surface area (Å²) in [6, 6.07) is 5.88. The minimum atomic E-state index is -0.507. The van der Waals surface area contributed by atoms with Crippen LogP contribution in [0.4, 0.5) is 4.39 Å². The molecule has 0 aliphatic rings. The molecule has 0 unspecified atom stereocenters. The minimum absolute atomic E-state index is 0.120. The van der Waals surface area contributed by atoms with E-state index in [2.05, 4.69) is 0 Å². The molecular formula is C10H12FNO. The molecule has 13 heavy (non-hydrogen) atoms. The van der Waals surface area contributed by atoms with Crippen molar-refractivity contribution in [1.82, 2.24) is 0 Å². The van der Waals surface area contributed by atoms with Crippen molar-refractivity contribution in [3.63, 3.8) is 0 Å². The first-order valence-corrected chi connectivity index (χ1v) is 4.10. The molecule has 0 spiro atoms. The highest BCUT2D eigenvalue weighted by molar-refractivity contribution is 5.99. The number of carbonyl (C=O) groups excluding carboxylic acids is 1. The quantitative estimate of drug-likeness (QED) is 0.721. The van der Waals surface area contributed by atoms with Crippen LogP contribution in [-0.4, -0.2) is 11.8 Å². The number of alkyl halides is 1. The largest absolute Gasteiger partial charge is 0.321 e. The normalized spacial score (nSPS) is 12.5. The second kappa shape index (κ2) is 4.14. The number of hydrogen-bond acceptors (Lipinski definition) is 2. The van der Waals surface area contributed by atoms with Crippen molar-refractivity contribution in [2.75, 3.05) is 0 Å². The first-order valence-electron chi connectivity index (χ1n) is 4.10. The molecule has 0 aromatic heterocycles. The van der Waals surface area contributed by atoms with Gasteiger partial charge in [0.15, 0.2) is 5.78 Å². The lowest BCUT2D eigenvalue weighted by Gasteiger charge is -2.04. The van der Waals surface area contributed by atoms with Gasteiger partial charge in [0, 0.05) is 5.56 Å². The maximum Gasteiger partial charge on any atom is 0.179 e. The van der Waals surface area contributed by atoms with Gasteiger partial charge >= 0.3 is 0 Å². The number of hydrogen-bond donors (Lipinski definition) is 1. The zero-order valence-electron chi connectivity index (χ0n) is 7.46. The number of Topliss-reactive ketones (excluding diaryl/α,β-unsaturated/α-hetero) is 1. The fourth-order valence-electron chi connectivity index (χ4n) is 1.02. The fourth-order valence-corrected chi connectivity index (χ4v) is 1.02. The van der Waals surface area contributed by atoms with Crippen LogP contribution in [0.5, 0.6) is 0 Å². The van der Waals surface area contributed by atoms with Crippen molar-refractivity contribution < 1.29 is 9.18 Å². The van der Waals surface area contributed by atoms with Crippen LogP contribution in [0.3, 0.4) is 0 Å². The van der Waals surface area contributed by atoms with Crippen LogP contribution in [0.2, 0.25) is 0 Å². The van der Waals surface area contributed by atoms with E-state index in [0.29, 0.717) is 11.1 Å². The van der Waals surface area contributed by atoms with Crippen molar-refractivity contribution in [3.05, 3.63) is 35.4 Å². The summed E-state index contributed by atoms with van der Waals surface area (Å²) in [5.74, 6) is -0.120. The highest BCUT2D eigenvalue weighted by Gasteiger charge is 2.09. The summed E-state index contributed by atoms with van der Waals surface area (Å²) in [5.41, 5.74) is 6.52. The van der Waals surface area contributed by atoms with E-state index >= 15 is 0 Å². The smallest absolute Gasteiger partial charge is 0.179 e. The molecule has 0 fully saturated rings. The lowest BCUT2D eigenvalue weighted by atomic mass is 10.0. The Balaban J connectivity index is 2.86. The van der Waals surface area contributed by atoms with Gasteiger partial charge in [0.2, 0.25) is 0 Å². The molecule has 0 saturated carbocycles. The number of rotatable bonds is 3. The van der Waals surface area contributed by atoms with E-state index in [1.165, 1.54) is 0 Å². The van der Waals surface area contributed by atoms with Crippen LogP contribution in [0.25, 0.3) is 0 Å². The third-order valence-electron chi connectivity index (χ3n) is 1.81. The highest BCUT2D eigenvalue weighted by atomic mass is 19.1. The molecule has 0 aliphatic carbocycles. The second-order valence-corrected chi connectivity index (χ2v) is 2.98. The maximum atomic E-state index is 12.1. The summed E-state index contributed by atoms with van der Waals surface area (Å²) in [4.78, 5) is 11.3. The standard InChI is InChI=1S/C10H12FNO/c1-7(12)10(13)9-4-2-8(6-11)3-5-9/h2-5,7H,6,12H2,1H3/t7-/m0/s1. The number of benzene rings is 1. The van der Waals surface area contributed by atoms with Crippen molar-refractivity contribution in [3.8, 4) is 0 Å². The molecule has 1 atom stereocenters. The number of nitrogens with two attached hydrogens (primary N) is 1. The van der Waals surface area contributed by atoms with Crippen molar-refractivity contribution >= 4 is 5.78 Å². The molecule has 0 heterocycles. The molecule has 0 aliphatic heterocycles. The molecule has 0 bridgehead atoms. The Morgan fingerprint density at radius 2 is 2.00 bits per heavy atom. The second-order valence-electron chi connectivity index (χ2n) is 2.98. The summed E-state index contributed by atoms with van der Waals surface area (Å²) in [5, 5.41) is 0. The molecule has 0 amide bonds. The molecule has 3 heteroatoms. The molecule has 0 radical (unpaired) electrons. The predicted molar refractivity (Wildman–Crippen MR) is 49.2 cm³/mol. The van der Waals surface area contributed by atoms with E-state index < -0.39 is 12.7 Å². The molecule has 70 valence electrons. The molecule has 1 rings (SSSR count). The van der Waals surface area contributed by atoms with Gasteiger partial charge < -0.3 is 5.73 Å². The van der Waals surface area contributed by atoms with Gasteiger partial charge in [-0.15, -0.1) is 0 Å². The van der Waals surface area contributed by atoms with Gasteiger partial charge in [-0.2, -0.15) is 0 Å². The predicted octanol–water partition coefficient (Wildman–Crippen LogP) is 1.69. The molecular weight excluding hydrogens is 169 g/mol.